The van der Waals surface area contributed by atoms with Gasteiger partial charge in [0.25, 0.3) is 0 Å². The minimum absolute atomic E-state index is 0.180. The highest BCUT2D eigenvalue weighted by atomic mass is 79.9. The van der Waals surface area contributed by atoms with Crippen LogP contribution >= 0.6 is 15.9 Å². The Labute approximate surface area is 149 Å². The van der Waals surface area contributed by atoms with E-state index < -0.39 is 17.6 Å². The maximum absolute atomic E-state index is 13.8. The van der Waals surface area contributed by atoms with Crippen molar-refractivity contribution in [2.75, 3.05) is 4.90 Å². The number of carbonyl (C=O) groups excluding carboxylic acids is 1. The molecule has 0 bridgehead atoms. The molecule has 0 N–H and O–H groups in total. The van der Waals surface area contributed by atoms with Crippen LogP contribution in [0, 0.1) is 12.9 Å². The van der Waals surface area contributed by atoms with E-state index in [0.717, 1.165) is 11.3 Å². The first-order chi connectivity index (χ1) is 11.2. The first kappa shape index (κ1) is 18.3. The molecule has 0 spiro atoms. The Kier molecular flexibility index (Phi) is 5.54. The fraction of sp³-hybridized carbons (Fsp3) is 0.353. The van der Waals surface area contributed by atoms with E-state index in [2.05, 4.69) is 25.9 Å². The Morgan fingerprint density at radius 1 is 1.33 bits per heavy atom. The zero-order valence-corrected chi connectivity index (χ0v) is 15.6. The van der Waals surface area contributed by atoms with Crippen LogP contribution in [0.25, 0.3) is 0 Å². The number of rotatable bonds is 3. The Bertz CT molecular complexity index is 747. The second-order valence-electron chi connectivity index (χ2n) is 6.31. The van der Waals surface area contributed by atoms with Gasteiger partial charge in [0.05, 0.1) is 11.0 Å². The predicted molar refractivity (Wildman–Crippen MR) is 93.3 cm³/mol. The number of amides is 1. The largest absolute Gasteiger partial charge is 0.443 e. The molecular weight excluding hydrogens is 377 g/mol. The molecule has 0 aliphatic carbocycles. The first-order valence-electron chi connectivity index (χ1n) is 7.40. The molecule has 0 saturated heterocycles. The van der Waals surface area contributed by atoms with Gasteiger partial charge in [0.1, 0.15) is 11.4 Å². The third-order valence-electron chi connectivity index (χ3n) is 2.98. The number of nitrogens with zero attached hydrogens (tertiary/aromatic N) is 3. The summed E-state index contributed by atoms with van der Waals surface area (Å²) in [6, 6.07) is 6.71. The number of hydrogen-bond acceptors (Lipinski definition) is 4. The molecule has 0 unspecified atom stereocenters. The maximum Gasteiger partial charge on any atom is 0.416 e. The summed E-state index contributed by atoms with van der Waals surface area (Å²) in [5, 5.41) is 0. The van der Waals surface area contributed by atoms with Crippen molar-refractivity contribution >= 4 is 27.8 Å². The average Bonchev–Trinajstić information content (AvgIpc) is 2.46. The second-order valence-corrected chi connectivity index (χ2v) is 7.17. The zero-order valence-electron chi connectivity index (χ0n) is 14.0. The number of halogens is 2. The van der Waals surface area contributed by atoms with Crippen LogP contribution in [-0.2, 0) is 11.3 Å². The number of hydrogen-bond donors (Lipinski definition) is 0. The maximum atomic E-state index is 13.8. The van der Waals surface area contributed by atoms with Crippen LogP contribution < -0.4 is 4.90 Å². The normalized spacial score (nSPS) is 11.2. The Morgan fingerprint density at radius 3 is 2.62 bits per heavy atom. The minimum atomic E-state index is -0.688. The molecule has 0 aromatic carbocycles. The van der Waals surface area contributed by atoms with Gasteiger partial charge in [-0.2, -0.15) is 4.39 Å². The van der Waals surface area contributed by atoms with Gasteiger partial charge in [-0.05, 0) is 73.5 Å². The molecule has 24 heavy (non-hydrogen) atoms. The molecule has 2 aromatic heterocycles. The third-order valence-corrected chi connectivity index (χ3v) is 3.57. The molecule has 5 nitrogen and oxygen atoms in total. The van der Waals surface area contributed by atoms with Crippen molar-refractivity contribution in [3.63, 3.8) is 0 Å². The Hall–Kier alpha value is -2.02. The SMILES string of the molecule is Cc1cc(CN(C(=O)OC(C)(C)C)c2ccc(Br)c(F)n2)ccn1. The Morgan fingerprint density at radius 2 is 2.04 bits per heavy atom. The summed E-state index contributed by atoms with van der Waals surface area (Å²) in [5.74, 6) is -0.508. The number of aryl methyl sites for hydroxylation is 1. The fourth-order valence-corrected chi connectivity index (χ4v) is 2.22. The molecule has 7 heteroatoms. The monoisotopic (exact) mass is 395 g/mol. The van der Waals surface area contributed by atoms with Crippen LogP contribution in [-0.4, -0.2) is 21.7 Å². The van der Waals surface area contributed by atoms with Crippen LogP contribution in [0.5, 0.6) is 0 Å². The van der Waals surface area contributed by atoms with Crippen LogP contribution in [0.2, 0.25) is 0 Å². The standard InChI is InChI=1S/C17H19BrFN3O2/c1-11-9-12(7-8-20-11)10-22(16(23)24-17(2,3)4)14-6-5-13(18)15(19)21-14/h5-9H,10H2,1-4H3. The number of carbonyl (C=O) groups is 1. The van der Waals surface area contributed by atoms with Gasteiger partial charge in [0.2, 0.25) is 5.95 Å². The summed E-state index contributed by atoms with van der Waals surface area (Å²) in [6.45, 7) is 7.38. The Balaban J connectivity index is 2.36. The van der Waals surface area contributed by atoms with Crippen LogP contribution in [0.1, 0.15) is 32.0 Å². The summed E-state index contributed by atoms with van der Waals surface area (Å²) >= 11 is 3.06. The van der Waals surface area contributed by atoms with Gasteiger partial charge in [-0.25, -0.2) is 9.78 Å². The number of ether oxygens (including phenoxy) is 1. The summed E-state index contributed by atoms with van der Waals surface area (Å²) in [6.07, 6.45) is 1.07. The highest BCUT2D eigenvalue weighted by Gasteiger charge is 2.25. The zero-order chi connectivity index (χ0) is 17.9. The van der Waals surface area contributed by atoms with Gasteiger partial charge in [0, 0.05) is 11.9 Å². The lowest BCUT2D eigenvalue weighted by Gasteiger charge is -2.27. The summed E-state index contributed by atoms with van der Waals surface area (Å²) in [7, 11) is 0. The van der Waals surface area contributed by atoms with Crippen molar-refractivity contribution in [1.29, 1.82) is 0 Å². The van der Waals surface area contributed by atoms with E-state index in [1.807, 2.05) is 13.0 Å². The van der Waals surface area contributed by atoms with Gasteiger partial charge < -0.3 is 4.74 Å². The second kappa shape index (κ2) is 7.25. The van der Waals surface area contributed by atoms with Crippen molar-refractivity contribution in [1.82, 2.24) is 9.97 Å². The first-order valence-corrected chi connectivity index (χ1v) is 8.19. The lowest BCUT2D eigenvalue weighted by atomic mass is 10.2. The van der Waals surface area contributed by atoms with Gasteiger partial charge in [0.15, 0.2) is 0 Å². The molecule has 128 valence electrons. The van der Waals surface area contributed by atoms with E-state index in [1.54, 1.807) is 39.1 Å². The van der Waals surface area contributed by atoms with Gasteiger partial charge >= 0.3 is 6.09 Å². The van der Waals surface area contributed by atoms with Crippen LogP contribution in [0.3, 0.4) is 0 Å². The molecule has 0 radical (unpaired) electrons. The fourth-order valence-electron chi connectivity index (χ4n) is 2.00. The van der Waals surface area contributed by atoms with Crippen molar-refractivity contribution in [3.8, 4) is 0 Å². The quantitative estimate of drug-likeness (QED) is 0.710. The molecule has 0 aliphatic rings. The number of anilines is 1. The summed E-state index contributed by atoms with van der Waals surface area (Å²) < 4.78 is 19.5. The van der Waals surface area contributed by atoms with Gasteiger partial charge in [-0.15, -0.1) is 0 Å². The van der Waals surface area contributed by atoms with E-state index >= 15 is 0 Å². The highest BCUT2D eigenvalue weighted by molar-refractivity contribution is 9.10. The average molecular weight is 396 g/mol. The van der Waals surface area contributed by atoms with E-state index in [1.165, 1.54) is 11.0 Å². The topological polar surface area (TPSA) is 55.3 Å². The van der Waals surface area contributed by atoms with Crippen LogP contribution in [0.15, 0.2) is 34.9 Å². The molecule has 0 fully saturated rings. The van der Waals surface area contributed by atoms with E-state index in [-0.39, 0.29) is 16.8 Å². The van der Waals surface area contributed by atoms with E-state index in [9.17, 15) is 9.18 Å². The molecule has 2 heterocycles. The smallest absolute Gasteiger partial charge is 0.416 e. The predicted octanol–water partition coefficient (Wildman–Crippen LogP) is 4.63. The molecule has 1 amide bonds. The van der Waals surface area contributed by atoms with Gasteiger partial charge in [-0.1, -0.05) is 0 Å². The molecule has 2 rings (SSSR count). The van der Waals surface area contributed by atoms with E-state index in [4.69, 9.17) is 4.74 Å². The van der Waals surface area contributed by atoms with Gasteiger partial charge in [-0.3, -0.25) is 9.88 Å². The highest BCUT2D eigenvalue weighted by Crippen LogP contribution is 2.22. The van der Waals surface area contributed by atoms with Crippen molar-refractivity contribution in [2.24, 2.45) is 0 Å². The van der Waals surface area contributed by atoms with Crippen molar-refractivity contribution < 1.29 is 13.9 Å². The summed E-state index contributed by atoms with van der Waals surface area (Å²) in [4.78, 5) is 21.8. The lowest BCUT2D eigenvalue weighted by Crippen LogP contribution is -2.37. The number of aromatic nitrogens is 2. The molecule has 0 saturated carbocycles. The van der Waals surface area contributed by atoms with Crippen LogP contribution in [0.4, 0.5) is 15.0 Å². The summed E-state index contributed by atoms with van der Waals surface area (Å²) in [5.41, 5.74) is 1.00. The van der Waals surface area contributed by atoms with Crippen molar-refractivity contribution in [2.45, 2.75) is 39.8 Å². The van der Waals surface area contributed by atoms with E-state index in [0.29, 0.717) is 0 Å². The van der Waals surface area contributed by atoms with Crippen molar-refractivity contribution in [3.05, 3.63) is 52.1 Å². The number of pyridine rings is 2. The minimum Gasteiger partial charge on any atom is -0.443 e. The molecular formula is C17H19BrFN3O2. The molecule has 0 atom stereocenters. The third kappa shape index (κ3) is 4.99. The molecule has 2 aromatic rings. The molecule has 0 aliphatic heterocycles. The lowest BCUT2D eigenvalue weighted by molar-refractivity contribution is 0.0576.